The Bertz CT molecular complexity index is 700. The molecule has 3 rings (SSSR count). The summed E-state index contributed by atoms with van der Waals surface area (Å²) in [5, 5.41) is 12.0. The van der Waals surface area contributed by atoms with E-state index in [1.165, 1.54) is 39.1 Å². The predicted octanol–water partition coefficient (Wildman–Crippen LogP) is 3.08. The molecular formula is C21H25N3O2. The van der Waals surface area contributed by atoms with Crippen molar-refractivity contribution in [3.8, 4) is 11.8 Å². The maximum atomic E-state index is 11.7. The second-order valence-electron chi connectivity index (χ2n) is 5.98. The summed E-state index contributed by atoms with van der Waals surface area (Å²) in [6, 6.07) is 17.2. The van der Waals surface area contributed by atoms with Gasteiger partial charge >= 0.3 is 5.97 Å². The van der Waals surface area contributed by atoms with Crippen molar-refractivity contribution in [3.63, 3.8) is 0 Å². The molecule has 0 unspecified atom stereocenters. The molecule has 0 saturated carbocycles. The van der Waals surface area contributed by atoms with Gasteiger partial charge in [0.2, 0.25) is 0 Å². The molecule has 2 aromatic carbocycles. The van der Waals surface area contributed by atoms with E-state index in [2.05, 4.69) is 17.1 Å². The van der Waals surface area contributed by atoms with Gasteiger partial charge in [-0.3, -0.25) is 0 Å². The number of nitrogens with zero attached hydrogens (tertiary/aromatic N) is 2. The largest absolute Gasteiger partial charge is 0.423 e. The van der Waals surface area contributed by atoms with Crippen LogP contribution in [0.4, 0.5) is 0 Å². The molecule has 0 aromatic heterocycles. The maximum Gasteiger partial charge on any atom is 0.343 e. The number of ether oxygens (including phenoxy) is 1. The average Bonchev–Trinajstić information content (AvgIpc) is 2.71. The molecule has 26 heavy (non-hydrogen) atoms. The molecule has 0 amide bonds. The van der Waals surface area contributed by atoms with Crippen LogP contribution >= 0.6 is 0 Å². The number of esters is 1. The van der Waals surface area contributed by atoms with Crippen molar-refractivity contribution in [2.45, 2.75) is 13.3 Å². The predicted molar refractivity (Wildman–Crippen MR) is 102 cm³/mol. The van der Waals surface area contributed by atoms with Gasteiger partial charge in [-0.25, -0.2) is 4.79 Å². The number of benzene rings is 2. The summed E-state index contributed by atoms with van der Waals surface area (Å²) >= 11 is 0. The second-order valence-corrected chi connectivity index (χ2v) is 5.98. The Morgan fingerprint density at radius 2 is 1.77 bits per heavy atom. The summed E-state index contributed by atoms with van der Waals surface area (Å²) in [6.07, 6.45) is 1.29. The fraction of sp³-hybridized carbons (Fsp3) is 0.333. The van der Waals surface area contributed by atoms with E-state index >= 15 is 0 Å². The Morgan fingerprint density at radius 1 is 1.12 bits per heavy atom. The van der Waals surface area contributed by atoms with Crippen molar-refractivity contribution in [1.29, 1.82) is 5.26 Å². The van der Waals surface area contributed by atoms with Crippen LogP contribution in [0.2, 0.25) is 0 Å². The number of piperazine rings is 1. The number of nitriles is 1. The monoisotopic (exact) mass is 351 g/mol. The molecule has 2 aromatic rings. The van der Waals surface area contributed by atoms with E-state index in [0.717, 1.165) is 0 Å². The number of hydrogen-bond donors (Lipinski definition) is 1. The van der Waals surface area contributed by atoms with Gasteiger partial charge in [0.05, 0.1) is 17.2 Å². The molecule has 0 atom stereocenters. The van der Waals surface area contributed by atoms with E-state index < -0.39 is 5.97 Å². The zero-order valence-corrected chi connectivity index (χ0v) is 15.1. The summed E-state index contributed by atoms with van der Waals surface area (Å²) in [4.78, 5) is 14.2. The molecule has 1 N–H and O–H groups in total. The van der Waals surface area contributed by atoms with Crippen LogP contribution in [0.3, 0.4) is 0 Å². The van der Waals surface area contributed by atoms with Gasteiger partial charge < -0.3 is 15.0 Å². The topological polar surface area (TPSA) is 65.4 Å². The molecule has 0 bridgehead atoms. The lowest BCUT2D eigenvalue weighted by Gasteiger charge is -2.26. The number of rotatable bonds is 4. The van der Waals surface area contributed by atoms with Gasteiger partial charge in [-0.2, -0.15) is 5.26 Å². The summed E-state index contributed by atoms with van der Waals surface area (Å²) in [5.41, 5.74) is 1.03. The Kier molecular flexibility index (Phi) is 8.34. The Hall–Kier alpha value is -2.68. The first-order valence-corrected chi connectivity index (χ1v) is 8.93. The van der Waals surface area contributed by atoms with Gasteiger partial charge in [0.15, 0.2) is 0 Å². The zero-order valence-electron chi connectivity index (χ0n) is 15.1. The van der Waals surface area contributed by atoms with Crippen LogP contribution in [0.5, 0.6) is 5.75 Å². The fourth-order valence-corrected chi connectivity index (χ4v) is 2.59. The first-order chi connectivity index (χ1) is 12.7. The standard InChI is InChI=1S/C14H9NO2.C7H16N2/c15-10-11-6-8-13(9-7-11)17-14(16)12-4-2-1-3-5-12;1-2-5-9-6-3-8-4-7-9/h1-9H;8H,2-7H2,1H3. The van der Waals surface area contributed by atoms with Crippen LogP contribution in [0.15, 0.2) is 54.6 Å². The lowest BCUT2D eigenvalue weighted by molar-refractivity contribution is 0.0735. The normalized spacial score (nSPS) is 13.8. The molecule has 1 heterocycles. The molecule has 1 fully saturated rings. The lowest BCUT2D eigenvalue weighted by Crippen LogP contribution is -2.43. The van der Waals surface area contributed by atoms with Gasteiger partial charge in [-0.1, -0.05) is 25.1 Å². The summed E-state index contributed by atoms with van der Waals surface area (Å²) < 4.78 is 5.15. The molecule has 1 aliphatic heterocycles. The molecule has 0 spiro atoms. The lowest BCUT2D eigenvalue weighted by atomic mass is 10.2. The average molecular weight is 351 g/mol. The van der Waals surface area contributed by atoms with E-state index in [0.29, 0.717) is 16.9 Å². The van der Waals surface area contributed by atoms with Gasteiger partial charge in [-0.15, -0.1) is 0 Å². The molecule has 1 saturated heterocycles. The third-order valence-corrected chi connectivity index (χ3v) is 3.95. The summed E-state index contributed by atoms with van der Waals surface area (Å²) in [6.45, 7) is 8.37. The summed E-state index contributed by atoms with van der Waals surface area (Å²) in [5.74, 6) is 0.0214. The van der Waals surface area contributed by atoms with Gasteiger partial charge in [0.1, 0.15) is 5.75 Å². The molecule has 136 valence electrons. The highest BCUT2D eigenvalue weighted by atomic mass is 16.5. The second kappa shape index (κ2) is 11.0. The van der Waals surface area contributed by atoms with Crippen molar-refractivity contribution < 1.29 is 9.53 Å². The van der Waals surface area contributed by atoms with Crippen molar-refractivity contribution in [1.82, 2.24) is 10.2 Å². The van der Waals surface area contributed by atoms with Gasteiger partial charge in [0.25, 0.3) is 0 Å². The number of hydrogen-bond acceptors (Lipinski definition) is 5. The third kappa shape index (κ3) is 6.67. The molecule has 5 heteroatoms. The van der Waals surface area contributed by atoms with E-state index in [4.69, 9.17) is 10.00 Å². The number of carbonyl (C=O) groups excluding carboxylic acids is 1. The molecule has 5 nitrogen and oxygen atoms in total. The molecule has 1 aliphatic rings. The van der Waals surface area contributed by atoms with E-state index in [1.54, 1.807) is 48.5 Å². The number of nitrogens with one attached hydrogen (secondary N) is 1. The van der Waals surface area contributed by atoms with E-state index in [-0.39, 0.29) is 0 Å². The van der Waals surface area contributed by atoms with Crippen molar-refractivity contribution in [2.24, 2.45) is 0 Å². The van der Waals surface area contributed by atoms with Crippen LogP contribution in [0.25, 0.3) is 0 Å². The summed E-state index contributed by atoms with van der Waals surface area (Å²) in [7, 11) is 0. The first kappa shape index (κ1) is 19.6. The zero-order chi connectivity index (χ0) is 18.6. The third-order valence-electron chi connectivity index (χ3n) is 3.95. The highest BCUT2D eigenvalue weighted by Gasteiger charge is 2.07. The van der Waals surface area contributed by atoms with E-state index in [9.17, 15) is 4.79 Å². The van der Waals surface area contributed by atoms with Crippen LogP contribution < -0.4 is 10.1 Å². The highest BCUT2D eigenvalue weighted by molar-refractivity contribution is 5.90. The van der Waals surface area contributed by atoms with Crippen LogP contribution in [-0.4, -0.2) is 43.6 Å². The molecular weight excluding hydrogens is 326 g/mol. The number of carbonyl (C=O) groups is 1. The fourth-order valence-electron chi connectivity index (χ4n) is 2.59. The van der Waals surface area contributed by atoms with Crippen molar-refractivity contribution >= 4 is 5.97 Å². The molecule has 0 radical (unpaired) electrons. The van der Waals surface area contributed by atoms with Crippen LogP contribution in [0.1, 0.15) is 29.3 Å². The van der Waals surface area contributed by atoms with Crippen LogP contribution in [-0.2, 0) is 0 Å². The highest BCUT2D eigenvalue weighted by Crippen LogP contribution is 2.13. The van der Waals surface area contributed by atoms with Gasteiger partial charge in [0, 0.05) is 26.2 Å². The maximum absolute atomic E-state index is 11.7. The minimum Gasteiger partial charge on any atom is -0.423 e. The van der Waals surface area contributed by atoms with Crippen molar-refractivity contribution in [2.75, 3.05) is 32.7 Å². The Balaban J connectivity index is 0.000000228. The Morgan fingerprint density at radius 3 is 2.35 bits per heavy atom. The smallest absolute Gasteiger partial charge is 0.343 e. The minimum absolute atomic E-state index is 0.407. The Labute approximate surface area is 155 Å². The molecule has 0 aliphatic carbocycles. The van der Waals surface area contributed by atoms with Gasteiger partial charge in [-0.05, 0) is 49.4 Å². The minimum atomic E-state index is -0.407. The van der Waals surface area contributed by atoms with E-state index in [1.807, 2.05) is 12.1 Å². The SMILES string of the molecule is CCCN1CCNCC1.N#Cc1ccc(OC(=O)c2ccccc2)cc1. The quantitative estimate of drug-likeness (QED) is 0.677. The first-order valence-electron chi connectivity index (χ1n) is 8.93. The van der Waals surface area contributed by atoms with Crippen LogP contribution in [0, 0.1) is 11.3 Å². The van der Waals surface area contributed by atoms with Crippen molar-refractivity contribution in [3.05, 3.63) is 65.7 Å².